The van der Waals surface area contributed by atoms with Gasteiger partial charge in [0.1, 0.15) is 5.82 Å². The Bertz CT molecular complexity index is 1080. The van der Waals surface area contributed by atoms with Crippen LogP contribution in [0.2, 0.25) is 0 Å². The van der Waals surface area contributed by atoms with E-state index in [9.17, 15) is 14.0 Å². The van der Waals surface area contributed by atoms with E-state index in [1.54, 1.807) is 36.4 Å². The summed E-state index contributed by atoms with van der Waals surface area (Å²) in [7, 11) is 3.87. The van der Waals surface area contributed by atoms with E-state index in [2.05, 4.69) is 15.5 Å². The number of carbonyl (C=O) groups excluding carboxylic acids is 2. The van der Waals surface area contributed by atoms with E-state index in [1.807, 2.05) is 30.5 Å². The molecule has 1 N–H and O–H groups in total. The quantitative estimate of drug-likeness (QED) is 0.421. The topological polar surface area (TPSA) is 80.1 Å². The van der Waals surface area contributed by atoms with Crippen LogP contribution in [0.25, 0.3) is 5.69 Å². The highest BCUT2D eigenvalue weighted by atomic mass is 32.2. The van der Waals surface area contributed by atoms with Gasteiger partial charge in [-0.2, -0.15) is 0 Å². The number of benzene rings is 2. The summed E-state index contributed by atoms with van der Waals surface area (Å²) in [5.41, 5.74) is 1.80. The van der Waals surface area contributed by atoms with Crippen molar-refractivity contribution in [2.75, 3.05) is 25.2 Å². The lowest BCUT2D eigenvalue weighted by atomic mass is 10.1. The third-order valence-electron chi connectivity index (χ3n) is 4.78. The molecular formula is C22H24FN5O2S. The lowest BCUT2D eigenvalue weighted by Gasteiger charge is -2.20. The number of halogens is 1. The van der Waals surface area contributed by atoms with Gasteiger partial charge in [0.2, 0.25) is 5.91 Å². The summed E-state index contributed by atoms with van der Waals surface area (Å²) in [4.78, 5) is 26.0. The summed E-state index contributed by atoms with van der Waals surface area (Å²) in [6.07, 6.45) is 0. The van der Waals surface area contributed by atoms with Crippen molar-refractivity contribution in [1.82, 2.24) is 19.7 Å². The highest BCUT2D eigenvalue weighted by Gasteiger charge is 2.21. The molecular weight excluding hydrogens is 417 g/mol. The predicted molar refractivity (Wildman–Crippen MR) is 119 cm³/mol. The second-order valence-corrected chi connectivity index (χ2v) is 8.21. The van der Waals surface area contributed by atoms with Gasteiger partial charge in [-0.15, -0.1) is 10.2 Å². The number of nitrogens with zero attached hydrogens (tertiary/aromatic N) is 4. The van der Waals surface area contributed by atoms with Crippen molar-refractivity contribution in [3.8, 4) is 5.69 Å². The molecule has 0 bridgehead atoms. The predicted octanol–water partition coefficient (Wildman–Crippen LogP) is 3.96. The Morgan fingerprint density at radius 2 is 1.87 bits per heavy atom. The molecule has 0 unspecified atom stereocenters. The van der Waals surface area contributed by atoms with Crippen LogP contribution in [0.15, 0.2) is 53.7 Å². The molecule has 0 aliphatic rings. The zero-order valence-electron chi connectivity index (χ0n) is 17.8. The Balaban J connectivity index is 1.79. The van der Waals surface area contributed by atoms with Crippen molar-refractivity contribution in [2.45, 2.75) is 25.0 Å². The Labute approximate surface area is 184 Å². The van der Waals surface area contributed by atoms with Gasteiger partial charge >= 0.3 is 0 Å². The fourth-order valence-corrected chi connectivity index (χ4v) is 3.61. The number of thioether (sulfide) groups is 1. The Hall–Kier alpha value is -3.04. The molecule has 31 heavy (non-hydrogen) atoms. The normalized spacial score (nSPS) is 12.1. The van der Waals surface area contributed by atoms with Crippen LogP contribution in [0.4, 0.5) is 10.1 Å². The summed E-state index contributed by atoms with van der Waals surface area (Å²) in [5, 5.41) is 11.9. The number of hydrogen-bond donors (Lipinski definition) is 1. The van der Waals surface area contributed by atoms with E-state index in [4.69, 9.17) is 0 Å². The van der Waals surface area contributed by atoms with Crippen LogP contribution in [-0.4, -0.2) is 51.2 Å². The summed E-state index contributed by atoms with van der Waals surface area (Å²) in [5.74, 6) is 0.149. The summed E-state index contributed by atoms with van der Waals surface area (Å²) in [6.45, 7) is 3.47. The molecule has 0 spiro atoms. The van der Waals surface area contributed by atoms with Gasteiger partial charge in [-0.3, -0.25) is 19.1 Å². The monoisotopic (exact) mass is 441 g/mol. The van der Waals surface area contributed by atoms with Crippen molar-refractivity contribution in [3.63, 3.8) is 0 Å². The van der Waals surface area contributed by atoms with Gasteiger partial charge in [-0.1, -0.05) is 23.9 Å². The van der Waals surface area contributed by atoms with Gasteiger partial charge in [0.15, 0.2) is 16.8 Å². The van der Waals surface area contributed by atoms with E-state index < -0.39 is 0 Å². The average Bonchev–Trinajstić information content (AvgIpc) is 3.16. The van der Waals surface area contributed by atoms with E-state index in [0.29, 0.717) is 27.9 Å². The van der Waals surface area contributed by atoms with Crippen molar-refractivity contribution in [2.24, 2.45) is 0 Å². The highest BCUT2D eigenvalue weighted by molar-refractivity contribution is 7.99. The number of anilines is 1. The van der Waals surface area contributed by atoms with Crippen molar-refractivity contribution in [3.05, 3.63) is 65.7 Å². The zero-order valence-corrected chi connectivity index (χ0v) is 18.6. The number of ketones is 1. The molecule has 9 heteroatoms. The van der Waals surface area contributed by atoms with Crippen LogP contribution in [0.5, 0.6) is 0 Å². The molecule has 0 fully saturated rings. The molecule has 1 amide bonds. The summed E-state index contributed by atoms with van der Waals surface area (Å²) >= 11 is 1.23. The summed E-state index contributed by atoms with van der Waals surface area (Å²) < 4.78 is 15.3. The lowest BCUT2D eigenvalue weighted by molar-refractivity contribution is -0.113. The van der Waals surface area contributed by atoms with Gasteiger partial charge in [0, 0.05) is 16.9 Å². The standard InChI is InChI=1S/C22H24FN5O2S/c1-14(27(3)4)21-25-26-22(28(21)19-10-8-17(23)9-11-19)31-13-20(30)24-18-7-5-6-16(12-18)15(2)29/h5-12,14H,13H2,1-4H3,(H,24,30)/t14-/m0/s1. The second-order valence-electron chi connectivity index (χ2n) is 7.27. The van der Waals surface area contributed by atoms with Gasteiger partial charge in [-0.05, 0) is 64.3 Å². The minimum Gasteiger partial charge on any atom is -0.325 e. The first kappa shape index (κ1) is 22.6. The Morgan fingerprint density at radius 3 is 2.52 bits per heavy atom. The molecule has 0 aliphatic carbocycles. The van der Waals surface area contributed by atoms with Crippen LogP contribution in [-0.2, 0) is 4.79 Å². The Morgan fingerprint density at radius 1 is 1.16 bits per heavy atom. The highest BCUT2D eigenvalue weighted by Crippen LogP contribution is 2.27. The first-order chi connectivity index (χ1) is 14.8. The Kier molecular flexibility index (Phi) is 7.19. The van der Waals surface area contributed by atoms with Crippen molar-refractivity contribution in [1.29, 1.82) is 0 Å². The lowest BCUT2D eigenvalue weighted by Crippen LogP contribution is -2.21. The number of Topliss-reactive ketones (excluding diaryl/α,β-unsaturated/α-hetero) is 1. The van der Waals surface area contributed by atoms with Gasteiger partial charge in [0.05, 0.1) is 11.8 Å². The smallest absolute Gasteiger partial charge is 0.234 e. The first-order valence-electron chi connectivity index (χ1n) is 9.67. The molecule has 1 atom stereocenters. The number of amides is 1. The first-order valence-corrected chi connectivity index (χ1v) is 10.7. The maximum absolute atomic E-state index is 13.4. The number of aromatic nitrogens is 3. The molecule has 0 saturated carbocycles. The van der Waals surface area contributed by atoms with Gasteiger partial charge in [0.25, 0.3) is 0 Å². The maximum atomic E-state index is 13.4. The van der Waals surface area contributed by atoms with Gasteiger partial charge < -0.3 is 5.32 Å². The largest absolute Gasteiger partial charge is 0.325 e. The molecule has 3 rings (SSSR count). The fourth-order valence-electron chi connectivity index (χ4n) is 2.85. The molecule has 7 nitrogen and oxygen atoms in total. The minimum absolute atomic E-state index is 0.0462. The zero-order chi connectivity index (χ0) is 22.5. The number of nitrogens with one attached hydrogen (secondary N) is 1. The number of rotatable bonds is 8. The molecule has 1 heterocycles. The SMILES string of the molecule is CC(=O)c1cccc(NC(=O)CSc2nnc([C@H](C)N(C)C)n2-c2ccc(F)cc2)c1. The van der Waals surface area contributed by atoms with E-state index in [0.717, 1.165) is 0 Å². The van der Waals surface area contributed by atoms with Crippen LogP contribution < -0.4 is 5.32 Å². The number of carbonyl (C=O) groups is 2. The van der Waals surface area contributed by atoms with Crippen molar-refractivity contribution < 1.29 is 14.0 Å². The third kappa shape index (κ3) is 5.56. The third-order valence-corrected chi connectivity index (χ3v) is 5.71. The fraction of sp³-hybridized carbons (Fsp3) is 0.273. The van der Waals surface area contributed by atoms with Crippen LogP contribution in [0, 0.1) is 5.82 Å². The molecule has 1 aromatic heterocycles. The minimum atomic E-state index is -0.333. The molecule has 0 saturated heterocycles. The van der Waals surface area contributed by atoms with E-state index in [-0.39, 0.29) is 29.3 Å². The summed E-state index contributed by atoms with van der Waals surface area (Å²) in [6, 6.07) is 12.8. The van der Waals surface area contributed by atoms with Crippen molar-refractivity contribution >= 4 is 29.1 Å². The molecule has 0 radical (unpaired) electrons. The van der Waals surface area contributed by atoms with Crippen LogP contribution in [0.1, 0.15) is 36.1 Å². The molecule has 0 aliphatic heterocycles. The molecule has 2 aromatic carbocycles. The van der Waals surface area contributed by atoms with Crippen LogP contribution >= 0.6 is 11.8 Å². The van der Waals surface area contributed by atoms with Gasteiger partial charge in [-0.25, -0.2) is 4.39 Å². The number of hydrogen-bond acceptors (Lipinski definition) is 6. The molecule has 162 valence electrons. The van der Waals surface area contributed by atoms with Crippen LogP contribution in [0.3, 0.4) is 0 Å². The molecule has 3 aromatic rings. The van der Waals surface area contributed by atoms with E-state index in [1.165, 1.54) is 30.8 Å². The van der Waals surface area contributed by atoms with E-state index >= 15 is 0 Å². The average molecular weight is 442 g/mol. The second kappa shape index (κ2) is 9.84. The maximum Gasteiger partial charge on any atom is 0.234 e.